The Morgan fingerprint density at radius 2 is 2.21 bits per heavy atom. The zero-order valence-electron chi connectivity index (χ0n) is 13.7. The first kappa shape index (κ1) is 16.4. The maximum absolute atomic E-state index is 12.7. The molecular weight excluding hydrogens is 304 g/mol. The van der Waals surface area contributed by atoms with Gasteiger partial charge in [-0.2, -0.15) is 0 Å². The van der Waals surface area contributed by atoms with Gasteiger partial charge in [-0.3, -0.25) is 4.79 Å². The third kappa shape index (κ3) is 3.11. The summed E-state index contributed by atoms with van der Waals surface area (Å²) in [5.74, 6) is 0.514. The molecule has 24 heavy (non-hydrogen) atoms. The van der Waals surface area contributed by atoms with Crippen molar-refractivity contribution in [3.05, 3.63) is 53.9 Å². The van der Waals surface area contributed by atoms with Crippen LogP contribution in [0.2, 0.25) is 0 Å². The molecule has 0 spiro atoms. The molecule has 2 aromatic rings. The van der Waals surface area contributed by atoms with E-state index in [1.807, 2.05) is 30.3 Å². The Labute approximate surface area is 141 Å². The summed E-state index contributed by atoms with van der Waals surface area (Å²) in [5, 5.41) is 15.5. The van der Waals surface area contributed by atoms with Gasteiger partial charge in [0.25, 0.3) is 5.91 Å². The highest BCUT2D eigenvalue weighted by Gasteiger charge is 2.26. The summed E-state index contributed by atoms with van der Waals surface area (Å²) < 4.78 is 2.09. The summed E-state index contributed by atoms with van der Waals surface area (Å²) in [4.78, 5) is 17.3. The van der Waals surface area contributed by atoms with Crippen LogP contribution in [0, 0.1) is 0 Å². The Bertz CT molecular complexity index is 752. The summed E-state index contributed by atoms with van der Waals surface area (Å²) in [6.45, 7) is 7.61. The highest BCUT2D eigenvalue weighted by molar-refractivity contribution is 5.94. The summed E-state index contributed by atoms with van der Waals surface area (Å²) >= 11 is 0. The molecule has 2 heterocycles. The third-order valence-electron chi connectivity index (χ3n) is 4.21. The molecule has 1 aromatic carbocycles. The van der Waals surface area contributed by atoms with Crippen molar-refractivity contribution in [2.24, 2.45) is 0 Å². The second-order valence-corrected chi connectivity index (χ2v) is 5.98. The van der Waals surface area contributed by atoms with E-state index in [2.05, 4.69) is 26.8 Å². The van der Waals surface area contributed by atoms with E-state index < -0.39 is 6.04 Å². The van der Waals surface area contributed by atoms with Crippen molar-refractivity contribution in [1.29, 1.82) is 0 Å². The van der Waals surface area contributed by atoms with Crippen LogP contribution in [0.15, 0.2) is 42.5 Å². The number of amides is 1. The Kier molecular flexibility index (Phi) is 4.78. The smallest absolute Gasteiger partial charge is 0.272 e. The van der Waals surface area contributed by atoms with E-state index in [1.165, 1.54) is 0 Å². The number of carbonyl (C=O) groups excluding carboxylic acids is 1. The molecule has 0 saturated carbocycles. The van der Waals surface area contributed by atoms with Crippen molar-refractivity contribution in [2.45, 2.75) is 26.1 Å². The maximum Gasteiger partial charge on any atom is 0.272 e. The van der Waals surface area contributed by atoms with Crippen LogP contribution >= 0.6 is 0 Å². The molecule has 6 heteroatoms. The summed E-state index contributed by atoms with van der Waals surface area (Å²) in [6.07, 6.45) is 0. The number of aliphatic hydroxyl groups is 1. The lowest BCUT2D eigenvalue weighted by atomic mass is 10.1. The number of rotatable bonds is 5. The van der Waals surface area contributed by atoms with Crippen LogP contribution in [-0.2, 0) is 13.1 Å². The fraction of sp³-hybridized carbons (Fsp3) is 0.333. The average Bonchev–Trinajstić information content (AvgIpc) is 3.00. The SMILES string of the molecule is C=C(C)[C@@H](CO)NC(=O)c1nc(-c2ccccc2)n2c1CNCC2. The molecule has 6 nitrogen and oxygen atoms in total. The Morgan fingerprint density at radius 3 is 2.88 bits per heavy atom. The molecule has 0 aliphatic carbocycles. The Balaban J connectivity index is 1.98. The largest absolute Gasteiger partial charge is 0.394 e. The first-order valence-corrected chi connectivity index (χ1v) is 8.04. The van der Waals surface area contributed by atoms with E-state index in [0.29, 0.717) is 17.8 Å². The van der Waals surface area contributed by atoms with E-state index >= 15 is 0 Å². The van der Waals surface area contributed by atoms with Gasteiger partial charge in [0.1, 0.15) is 5.82 Å². The van der Waals surface area contributed by atoms with Crippen LogP contribution in [0.5, 0.6) is 0 Å². The van der Waals surface area contributed by atoms with Crippen LogP contribution in [0.25, 0.3) is 11.4 Å². The lowest BCUT2D eigenvalue weighted by Gasteiger charge is -2.19. The number of hydrogen-bond donors (Lipinski definition) is 3. The fourth-order valence-corrected chi connectivity index (χ4v) is 2.84. The number of aliphatic hydroxyl groups excluding tert-OH is 1. The minimum atomic E-state index is -0.466. The van der Waals surface area contributed by atoms with Gasteiger partial charge < -0.3 is 20.3 Å². The number of fused-ring (bicyclic) bond motifs is 1. The van der Waals surface area contributed by atoms with Crippen LogP contribution < -0.4 is 10.6 Å². The topological polar surface area (TPSA) is 79.2 Å². The molecule has 1 amide bonds. The van der Waals surface area contributed by atoms with Crippen LogP contribution in [-0.4, -0.2) is 39.8 Å². The number of hydrogen-bond acceptors (Lipinski definition) is 4. The molecule has 3 rings (SSSR count). The minimum absolute atomic E-state index is 0.180. The van der Waals surface area contributed by atoms with Gasteiger partial charge in [-0.15, -0.1) is 0 Å². The fourth-order valence-electron chi connectivity index (χ4n) is 2.84. The number of imidazole rings is 1. The zero-order valence-corrected chi connectivity index (χ0v) is 13.7. The van der Waals surface area contributed by atoms with Gasteiger partial charge in [0, 0.05) is 25.2 Å². The van der Waals surface area contributed by atoms with Gasteiger partial charge >= 0.3 is 0 Å². The lowest BCUT2D eigenvalue weighted by Crippen LogP contribution is -2.39. The molecule has 0 bridgehead atoms. The number of carbonyl (C=O) groups is 1. The van der Waals surface area contributed by atoms with Gasteiger partial charge in [-0.05, 0) is 6.92 Å². The van der Waals surface area contributed by atoms with Crippen LogP contribution in [0.1, 0.15) is 23.1 Å². The molecule has 3 N–H and O–H groups in total. The van der Waals surface area contributed by atoms with E-state index in [4.69, 9.17) is 0 Å². The lowest BCUT2D eigenvalue weighted by molar-refractivity contribution is 0.0920. The number of aromatic nitrogens is 2. The third-order valence-corrected chi connectivity index (χ3v) is 4.21. The highest BCUT2D eigenvalue weighted by Crippen LogP contribution is 2.24. The first-order valence-electron chi connectivity index (χ1n) is 8.04. The molecule has 126 valence electrons. The molecule has 0 unspecified atom stereocenters. The van der Waals surface area contributed by atoms with Crippen molar-refractivity contribution in [3.8, 4) is 11.4 Å². The molecule has 1 aliphatic heterocycles. The number of nitrogens with zero attached hydrogens (tertiary/aromatic N) is 2. The molecule has 0 fully saturated rings. The van der Waals surface area contributed by atoms with E-state index in [0.717, 1.165) is 30.2 Å². The molecule has 0 saturated heterocycles. The quantitative estimate of drug-likeness (QED) is 0.724. The van der Waals surface area contributed by atoms with Gasteiger partial charge in [0.2, 0.25) is 0 Å². The van der Waals surface area contributed by atoms with Gasteiger partial charge in [-0.1, -0.05) is 42.5 Å². The molecule has 0 radical (unpaired) electrons. The van der Waals surface area contributed by atoms with E-state index in [9.17, 15) is 9.90 Å². The van der Waals surface area contributed by atoms with Crippen molar-refractivity contribution >= 4 is 5.91 Å². The Morgan fingerprint density at radius 1 is 1.46 bits per heavy atom. The molecule has 1 aromatic heterocycles. The second kappa shape index (κ2) is 6.98. The normalized spacial score (nSPS) is 14.8. The zero-order chi connectivity index (χ0) is 17.1. The predicted molar refractivity (Wildman–Crippen MR) is 92.5 cm³/mol. The predicted octanol–water partition coefficient (Wildman–Crippen LogP) is 1.32. The van der Waals surface area contributed by atoms with Crippen molar-refractivity contribution in [3.63, 3.8) is 0 Å². The molecule has 1 aliphatic rings. The van der Waals surface area contributed by atoms with E-state index in [1.54, 1.807) is 6.92 Å². The van der Waals surface area contributed by atoms with Crippen molar-refractivity contribution < 1.29 is 9.90 Å². The van der Waals surface area contributed by atoms with Crippen molar-refractivity contribution in [1.82, 2.24) is 20.2 Å². The first-order chi connectivity index (χ1) is 11.6. The number of benzene rings is 1. The van der Waals surface area contributed by atoms with Crippen LogP contribution in [0.3, 0.4) is 0 Å². The molecule has 1 atom stereocenters. The van der Waals surface area contributed by atoms with E-state index in [-0.39, 0.29) is 12.5 Å². The highest BCUT2D eigenvalue weighted by atomic mass is 16.3. The van der Waals surface area contributed by atoms with Gasteiger partial charge in [0.15, 0.2) is 5.69 Å². The van der Waals surface area contributed by atoms with Gasteiger partial charge in [-0.25, -0.2) is 4.98 Å². The summed E-state index contributed by atoms with van der Waals surface area (Å²) in [5.41, 5.74) is 2.97. The standard InChI is InChI=1S/C18H22N4O2/c1-12(2)14(11-23)20-18(24)16-15-10-19-8-9-22(15)17(21-16)13-6-4-3-5-7-13/h3-7,14,19,23H,1,8-11H2,2H3,(H,20,24)/t14-/m1/s1. The van der Waals surface area contributed by atoms with Gasteiger partial charge in [0.05, 0.1) is 18.3 Å². The van der Waals surface area contributed by atoms with Crippen molar-refractivity contribution in [2.75, 3.05) is 13.2 Å². The second-order valence-electron chi connectivity index (χ2n) is 5.98. The Hall–Kier alpha value is -2.44. The molecular formula is C18H22N4O2. The van der Waals surface area contributed by atoms with Crippen LogP contribution in [0.4, 0.5) is 0 Å². The summed E-state index contributed by atoms with van der Waals surface area (Å²) in [7, 11) is 0. The monoisotopic (exact) mass is 326 g/mol. The minimum Gasteiger partial charge on any atom is -0.394 e. The maximum atomic E-state index is 12.7. The average molecular weight is 326 g/mol. The summed E-state index contributed by atoms with van der Waals surface area (Å²) in [6, 6.07) is 9.39. The number of nitrogens with one attached hydrogen (secondary N) is 2.